The van der Waals surface area contributed by atoms with Crippen LogP contribution < -0.4 is 10.5 Å². The number of benzene rings is 1. The Morgan fingerprint density at radius 1 is 1.44 bits per heavy atom. The van der Waals surface area contributed by atoms with Crippen molar-refractivity contribution in [1.29, 1.82) is 0 Å². The van der Waals surface area contributed by atoms with Crippen molar-refractivity contribution in [2.45, 2.75) is 6.92 Å². The fourth-order valence-corrected chi connectivity index (χ4v) is 1.66. The molecular formula is C10H11BrN4O. The maximum atomic E-state index is 5.77. The van der Waals surface area contributed by atoms with E-state index in [4.69, 9.17) is 10.5 Å². The largest absolute Gasteiger partial charge is 0.422 e. The number of rotatable bonds is 2. The molecule has 6 heteroatoms. The summed E-state index contributed by atoms with van der Waals surface area (Å²) in [5, 5.41) is 4.03. The van der Waals surface area contributed by atoms with Crippen molar-refractivity contribution in [2.24, 2.45) is 7.05 Å². The van der Waals surface area contributed by atoms with Crippen molar-refractivity contribution in [3.63, 3.8) is 0 Å². The van der Waals surface area contributed by atoms with Crippen LogP contribution >= 0.6 is 15.9 Å². The fourth-order valence-electron chi connectivity index (χ4n) is 1.21. The Morgan fingerprint density at radius 2 is 2.19 bits per heavy atom. The summed E-state index contributed by atoms with van der Waals surface area (Å²) in [7, 11) is 1.78. The van der Waals surface area contributed by atoms with Crippen LogP contribution in [0.2, 0.25) is 0 Å². The standard InChI is InChI=1S/C10H11BrN4O/c1-6-3-9(7(11)4-8(6)12)16-10-13-5-15(2)14-10/h3-5H,12H2,1-2H3. The zero-order chi connectivity index (χ0) is 11.7. The first-order chi connectivity index (χ1) is 7.56. The van der Waals surface area contributed by atoms with Crippen LogP contribution in [-0.2, 0) is 7.05 Å². The van der Waals surface area contributed by atoms with Gasteiger partial charge in [0.1, 0.15) is 12.1 Å². The van der Waals surface area contributed by atoms with Crippen molar-refractivity contribution in [1.82, 2.24) is 14.8 Å². The number of halogens is 1. The number of hydrogen-bond acceptors (Lipinski definition) is 4. The first-order valence-electron chi connectivity index (χ1n) is 4.65. The van der Waals surface area contributed by atoms with Gasteiger partial charge in [0.15, 0.2) is 0 Å². The van der Waals surface area contributed by atoms with Crippen LogP contribution in [0.25, 0.3) is 0 Å². The highest BCUT2D eigenvalue weighted by molar-refractivity contribution is 9.10. The highest BCUT2D eigenvalue weighted by Gasteiger charge is 2.08. The van der Waals surface area contributed by atoms with Crippen LogP contribution in [-0.4, -0.2) is 14.8 Å². The zero-order valence-corrected chi connectivity index (χ0v) is 10.5. The van der Waals surface area contributed by atoms with Crippen LogP contribution in [0.4, 0.5) is 5.69 Å². The van der Waals surface area contributed by atoms with E-state index in [1.165, 1.54) is 0 Å². The third kappa shape index (κ3) is 2.16. The molecule has 0 fully saturated rings. The molecule has 1 aromatic heterocycles. The van der Waals surface area contributed by atoms with E-state index < -0.39 is 0 Å². The van der Waals surface area contributed by atoms with E-state index in [9.17, 15) is 0 Å². The average molecular weight is 283 g/mol. The fraction of sp³-hybridized carbons (Fsp3) is 0.200. The van der Waals surface area contributed by atoms with E-state index in [0.717, 1.165) is 10.0 Å². The van der Waals surface area contributed by atoms with Gasteiger partial charge < -0.3 is 10.5 Å². The maximum absolute atomic E-state index is 5.77. The molecule has 0 bridgehead atoms. The molecule has 2 N–H and O–H groups in total. The van der Waals surface area contributed by atoms with E-state index in [0.29, 0.717) is 17.4 Å². The molecule has 0 aliphatic heterocycles. The Kier molecular flexibility index (Phi) is 2.82. The summed E-state index contributed by atoms with van der Waals surface area (Å²) in [4.78, 5) is 3.98. The molecule has 0 amide bonds. The van der Waals surface area contributed by atoms with Crippen molar-refractivity contribution < 1.29 is 4.74 Å². The normalized spacial score (nSPS) is 10.4. The summed E-state index contributed by atoms with van der Waals surface area (Å²) in [6.07, 6.45) is 1.58. The molecule has 0 unspecified atom stereocenters. The maximum Gasteiger partial charge on any atom is 0.341 e. The number of anilines is 1. The molecule has 2 rings (SSSR count). The monoisotopic (exact) mass is 282 g/mol. The quantitative estimate of drug-likeness (QED) is 0.858. The predicted octanol–water partition coefficient (Wildman–Crippen LogP) is 2.26. The van der Waals surface area contributed by atoms with E-state index >= 15 is 0 Å². The lowest BCUT2D eigenvalue weighted by atomic mass is 10.2. The van der Waals surface area contributed by atoms with E-state index in [1.54, 1.807) is 24.1 Å². The van der Waals surface area contributed by atoms with Crippen molar-refractivity contribution in [2.75, 3.05) is 5.73 Å². The Morgan fingerprint density at radius 3 is 2.81 bits per heavy atom. The first kappa shape index (κ1) is 10.9. The SMILES string of the molecule is Cc1cc(Oc2ncn(C)n2)c(Br)cc1N. The van der Waals surface area contributed by atoms with Gasteiger partial charge in [-0.3, -0.25) is 4.68 Å². The van der Waals surface area contributed by atoms with Gasteiger partial charge >= 0.3 is 6.01 Å². The van der Waals surface area contributed by atoms with E-state index in [1.807, 2.05) is 13.0 Å². The van der Waals surface area contributed by atoms with Crippen LogP contribution in [0.5, 0.6) is 11.8 Å². The second-order valence-electron chi connectivity index (χ2n) is 3.44. The van der Waals surface area contributed by atoms with Crippen LogP contribution in [0, 0.1) is 6.92 Å². The minimum atomic E-state index is 0.312. The lowest BCUT2D eigenvalue weighted by Gasteiger charge is -2.07. The molecule has 0 saturated carbocycles. The van der Waals surface area contributed by atoms with Gasteiger partial charge in [-0.25, -0.2) is 0 Å². The summed E-state index contributed by atoms with van der Waals surface area (Å²) >= 11 is 3.38. The van der Waals surface area contributed by atoms with E-state index in [2.05, 4.69) is 26.0 Å². The van der Waals surface area contributed by atoms with Gasteiger partial charge in [0.05, 0.1) is 4.47 Å². The number of hydrogen-bond donors (Lipinski definition) is 1. The Hall–Kier alpha value is -1.56. The van der Waals surface area contributed by atoms with Gasteiger partial charge in [-0.1, -0.05) is 0 Å². The van der Waals surface area contributed by atoms with Gasteiger partial charge in [0.2, 0.25) is 0 Å². The summed E-state index contributed by atoms with van der Waals surface area (Å²) in [6, 6.07) is 3.95. The number of nitrogens with two attached hydrogens (primary N) is 1. The first-order valence-corrected chi connectivity index (χ1v) is 5.44. The molecule has 16 heavy (non-hydrogen) atoms. The minimum Gasteiger partial charge on any atom is -0.422 e. The number of nitrogens with zero attached hydrogens (tertiary/aromatic N) is 3. The minimum absolute atomic E-state index is 0.312. The Balaban J connectivity index is 2.31. The lowest BCUT2D eigenvalue weighted by molar-refractivity contribution is 0.436. The van der Waals surface area contributed by atoms with Crippen molar-refractivity contribution in [3.8, 4) is 11.8 Å². The summed E-state index contributed by atoms with van der Waals surface area (Å²) in [6.45, 7) is 1.92. The molecule has 84 valence electrons. The summed E-state index contributed by atoms with van der Waals surface area (Å²) in [5.41, 5.74) is 7.43. The molecule has 1 aromatic carbocycles. The Labute approximate surface area is 101 Å². The van der Waals surface area contributed by atoms with E-state index in [-0.39, 0.29) is 0 Å². The van der Waals surface area contributed by atoms with Gasteiger partial charge in [0, 0.05) is 12.7 Å². The molecule has 0 aliphatic carbocycles. The number of nitrogen functional groups attached to an aromatic ring is 1. The average Bonchev–Trinajstić information content (AvgIpc) is 2.60. The predicted molar refractivity (Wildman–Crippen MR) is 64.4 cm³/mol. The molecule has 0 spiro atoms. The van der Waals surface area contributed by atoms with Crippen molar-refractivity contribution >= 4 is 21.6 Å². The topological polar surface area (TPSA) is 66.0 Å². The lowest BCUT2D eigenvalue weighted by Crippen LogP contribution is -1.94. The smallest absolute Gasteiger partial charge is 0.341 e. The van der Waals surface area contributed by atoms with Crippen LogP contribution in [0.3, 0.4) is 0 Å². The molecule has 0 aliphatic rings. The second-order valence-corrected chi connectivity index (χ2v) is 4.30. The summed E-state index contributed by atoms with van der Waals surface area (Å²) < 4.78 is 7.88. The summed E-state index contributed by atoms with van der Waals surface area (Å²) in [5.74, 6) is 0.651. The third-order valence-corrected chi connectivity index (χ3v) is 2.72. The molecule has 0 atom stereocenters. The molecule has 1 heterocycles. The third-order valence-electron chi connectivity index (χ3n) is 2.10. The highest BCUT2D eigenvalue weighted by atomic mass is 79.9. The number of aryl methyl sites for hydroxylation is 2. The number of aromatic nitrogens is 3. The van der Waals surface area contributed by atoms with Gasteiger partial charge in [0.25, 0.3) is 0 Å². The molecule has 0 radical (unpaired) electrons. The van der Waals surface area contributed by atoms with Crippen LogP contribution in [0.15, 0.2) is 22.9 Å². The van der Waals surface area contributed by atoms with Crippen molar-refractivity contribution in [3.05, 3.63) is 28.5 Å². The molecule has 0 saturated heterocycles. The van der Waals surface area contributed by atoms with Crippen LogP contribution in [0.1, 0.15) is 5.56 Å². The zero-order valence-electron chi connectivity index (χ0n) is 8.94. The van der Waals surface area contributed by atoms with Gasteiger partial charge in [-0.2, -0.15) is 4.98 Å². The Bertz CT molecular complexity index is 524. The second kappa shape index (κ2) is 4.13. The molecule has 2 aromatic rings. The van der Waals surface area contributed by atoms with Gasteiger partial charge in [-0.15, -0.1) is 5.10 Å². The molecular weight excluding hydrogens is 272 g/mol. The molecule has 5 nitrogen and oxygen atoms in total. The highest BCUT2D eigenvalue weighted by Crippen LogP contribution is 2.31. The number of ether oxygens (including phenoxy) is 1. The van der Waals surface area contributed by atoms with Gasteiger partial charge in [-0.05, 0) is 40.5 Å².